The number of benzene rings is 1. The van der Waals surface area contributed by atoms with Gasteiger partial charge in [-0.15, -0.1) is 24.0 Å². The van der Waals surface area contributed by atoms with E-state index in [9.17, 15) is 0 Å². The summed E-state index contributed by atoms with van der Waals surface area (Å²) in [5.41, 5.74) is 1.10. The predicted molar refractivity (Wildman–Crippen MR) is 130 cm³/mol. The molecule has 2 fully saturated rings. The van der Waals surface area contributed by atoms with Crippen LogP contribution in [0.4, 0.5) is 0 Å². The topological polar surface area (TPSA) is 58.1 Å². The average Bonchev–Trinajstić information content (AvgIpc) is 3.42. The molecule has 1 aromatic carbocycles. The molecule has 1 saturated carbocycles. The number of para-hydroxylation sites is 1. The van der Waals surface area contributed by atoms with Crippen molar-refractivity contribution in [2.24, 2.45) is 4.99 Å². The third-order valence-corrected chi connectivity index (χ3v) is 5.68. The summed E-state index contributed by atoms with van der Waals surface area (Å²) in [6.07, 6.45) is 8.90. The maximum atomic E-state index is 6.32. The Balaban J connectivity index is 0.00000300. The van der Waals surface area contributed by atoms with Gasteiger partial charge in [0.15, 0.2) is 17.5 Å². The van der Waals surface area contributed by atoms with Crippen LogP contribution >= 0.6 is 24.0 Å². The molecule has 0 amide bonds. The van der Waals surface area contributed by atoms with Crippen LogP contribution in [0.5, 0.6) is 11.5 Å². The van der Waals surface area contributed by atoms with E-state index in [2.05, 4.69) is 26.6 Å². The molecule has 2 aliphatic rings. The number of rotatable bonds is 9. The minimum absolute atomic E-state index is 0. The summed E-state index contributed by atoms with van der Waals surface area (Å²) in [7, 11) is 3.52. The van der Waals surface area contributed by atoms with Gasteiger partial charge in [-0.3, -0.25) is 4.99 Å². The summed E-state index contributed by atoms with van der Waals surface area (Å²) in [5, 5.41) is 6.85. The number of guanidine groups is 1. The van der Waals surface area contributed by atoms with Gasteiger partial charge in [0, 0.05) is 25.7 Å². The highest BCUT2D eigenvalue weighted by Crippen LogP contribution is 2.34. The highest BCUT2D eigenvalue weighted by atomic mass is 127. The number of methoxy groups -OCH3 is 1. The highest BCUT2D eigenvalue weighted by molar-refractivity contribution is 14.0. The molecule has 0 spiro atoms. The summed E-state index contributed by atoms with van der Waals surface area (Å²) in [6.45, 7) is 5.27. The molecule has 6 nitrogen and oxygen atoms in total. The molecule has 1 heterocycles. The van der Waals surface area contributed by atoms with Crippen molar-refractivity contribution in [3.63, 3.8) is 0 Å². The largest absolute Gasteiger partial charge is 0.493 e. The van der Waals surface area contributed by atoms with Crippen LogP contribution in [0.3, 0.4) is 0 Å². The number of nitrogens with one attached hydrogen (secondary N) is 2. The fourth-order valence-corrected chi connectivity index (χ4v) is 4.08. The van der Waals surface area contributed by atoms with Gasteiger partial charge in [-0.1, -0.05) is 12.1 Å². The molecule has 1 aromatic rings. The highest BCUT2D eigenvalue weighted by Gasteiger charge is 2.20. The lowest BCUT2D eigenvalue weighted by atomic mass is 10.1. The van der Waals surface area contributed by atoms with Gasteiger partial charge in [0.05, 0.1) is 13.2 Å². The van der Waals surface area contributed by atoms with Crippen molar-refractivity contribution < 1.29 is 9.47 Å². The zero-order chi connectivity index (χ0) is 19.6. The Morgan fingerprint density at radius 1 is 1.14 bits per heavy atom. The van der Waals surface area contributed by atoms with Crippen molar-refractivity contribution in [2.75, 3.05) is 40.3 Å². The van der Waals surface area contributed by atoms with Crippen LogP contribution in [0.15, 0.2) is 23.2 Å². The lowest BCUT2D eigenvalue weighted by Crippen LogP contribution is -2.38. The van der Waals surface area contributed by atoms with Crippen LogP contribution in [0, 0.1) is 0 Å². The van der Waals surface area contributed by atoms with Crippen LogP contribution in [0.1, 0.15) is 50.5 Å². The smallest absolute Gasteiger partial charge is 0.191 e. The molecule has 0 radical (unpaired) electrons. The quantitative estimate of drug-likeness (QED) is 0.227. The summed E-state index contributed by atoms with van der Waals surface area (Å²) >= 11 is 0. The molecule has 29 heavy (non-hydrogen) atoms. The zero-order valence-electron chi connectivity index (χ0n) is 17.9. The number of hydrogen-bond donors (Lipinski definition) is 2. The van der Waals surface area contributed by atoms with Gasteiger partial charge in [0.2, 0.25) is 0 Å². The first-order valence-corrected chi connectivity index (χ1v) is 10.8. The normalized spacial score (nSPS) is 17.8. The second kappa shape index (κ2) is 13.2. The van der Waals surface area contributed by atoms with Gasteiger partial charge in [0.25, 0.3) is 0 Å². The van der Waals surface area contributed by atoms with Crippen molar-refractivity contribution in [3.05, 3.63) is 23.8 Å². The van der Waals surface area contributed by atoms with Crippen LogP contribution in [-0.4, -0.2) is 57.3 Å². The van der Waals surface area contributed by atoms with Crippen LogP contribution in [0.2, 0.25) is 0 Å². The molecule has 3 rings (SSSR count). The molecule has 1 aliphatic heterocycles. The number of nitrogens with zero attached hydrogens (tertiary/aromatic N) is 2. The standard InChI is InChI=1S/C22H36N4O2.HI/c1-23-22(24-13-8-16-26-14-5-6-15-26)25-17-18-9-7-12-20(27-2)21(18)28-19-10-3-4-11-19;/h7,9,12,19H,3-6,8,10-11,13-17H2,1-2H3,(H2,23,24,25);1H. The van der Waals surface area contributed by atoms with Crippen molar-refractivity contribution in [3.8, 4) is 11.5 Å². The van der Waals surface area contributed by atoms with Crippen molar-refractivity contribution in [1.82, 2.24) is 15.5 Å². The number of halogens is 1. The monoisotopic (exact) mass is 516 g/mol. The zero-order valence-corrected chi connectivity index (χ0v) is 20.2. The molecule has 1 saturated heterocycles. The maximum Gasteiger partial charge on any atom is 0.191 e. The fourth-order valence-electron chi connectivity index (χ4n) is 4.08. The molecule has 0 aromatic heterocycles. The van der Waals surface area contributed by atoms with Gasteiger partial charge in [0.1, 0.15) is 0 Å². The predicted octanol–water partition coefficient (Wildman–Crippen LogP) is 3.79. The minimum Gasteiger partial charge on any atom is -0.493 e. The van der Waals surface area contributed by atoms with E-state index in [4.69, 9.17) is 9.47 Å². The third kappa shape index (κ3) is 7.51. The second-order valence-corrected chi connectivity index (χ2v) is 7.73. The van der Waals surface area contributed by atoms with Gasteiger partial charge >= 0.3 is 0 Å². The molecule has 0 unspecified atom stereocenters. The van der Waals surface area contributed by atoms with Crippen molar-refractivity contribution >= 4 is 29.9 Å². The Morgan fingerprint density at radius 2 is 1.90 bits per heavy atom. The van der Waals surface area contributed by atoms with Gasteiger partial charge < -0.3 is 25.0 Å². The molecule has 0 atom stereocenters. The lowest BCUT2D eigenvalue weighted by molar-refractivity contribution is 0.198. The average molecular weight is 516 g/mol. The second-order valence-electron chi connectivity index (χ2n) is 7.73. The third-order valence-electron chi connectivity index (χ3n) is 5.68. The Hall–Kier alpha value is -1.22. The Bertz CT molecular complexity index is 629. The molecule has 164 valence electrons. The Morgan fingerprint density at radius 3 is 2.59 bits per heavy atom. The van der Waals surface area contributed by atoms with E-state index in [0.29, 0.717) is 12.6 Å². The fraction of sp³-hybridized carbons (Fsp3) is 0.682. The number of hydrogen-bond acceptors (Lipinski definition) is 4. The first-order valence-electron chi connectivity index (χ1n) is 10.8. The van der Waals surface area contributed by atoms with Crippen LogP contribution in [0.25, 0.3) is 0 Å². The number of aliphatic imine (C=N–C) groups is 1. The SMILES string of the molecule is CN=C(NCCCN1CCCC1)NCc1cccc(OC)c1OC1CCCC1.I. The van der Waals surface area contributed by atoms with E-state index >= 15 is 0 Å². The Kier molecular flexibility index (Phi) is 10.9. The van der Waals surface area contributed by atoms with Gasteiger partial charge in [-0.05, 0) is 70.6 Å². The summed E-state index contributed by atoms with van der Waals surface area (Å²) in [5.74, 6) is 2.50. The van der Waals surface area contributed by atoms with Crippen molar-refractivity contribution in [1.29, 1.82) is 0 Å². The minimum atomic E-state index is 0. The summed E-state index contributed by atoms with van der Waals surface area (Å²) < 4.78 is 11.9. The molecule has 0 bridgehead atoms. The van der Waals surface area contributed by atoms with E-state index in [-0.39, 0.29) is 24.0 Å². The molecular formula is C22H37IN4O2. The maximum absolute atomic E-state index is 6.32. The van der Waals surface area contributed by atoms with Gasteiger partial charge in [-0.25, -0.2) is 0 Å². The molecule has 2 N–H and O–H groups in total. The first-order chi connectivity index (χ1) is 13.8. The van der Waals surface area contributed by atoms with Gasteiger partial charge in [-0.2, -0.15) is 0 Å². The number of ether oxygens (including phenoxy) is 2. The van der Waals surface area contributed by atoms with E-state index in [1.54, 1.807) is 7.11 Å². The van der Waals surface area contributed by atoms with Crippen LogP contribution in [-0.2, 0) is 6.54 Å². The Labute approximate surface area is 192 Å². The lowest BCUT2D eigenvalue weighted by Gasteiger charge is -2.20. The van der Waals surface area contributed by atoms with Crippen LogP contribution < -0.4 is 20.1 Å². The molecular weight excluding hydrogens is 479 g/mol. The summed E-state index contributed by atoms with van der Waals surface area (Å²) in [6, 6.07) is 6.09. The molecule has 1 aliphatic carbocycles. The van der Waals surface area contributed by atoms with E-state index in [0.717, 1.165) is 48.8 Å². The first kappa shape index (κ1) is 24.1. The summed E-state index contributed by atoms with van der Waals surface area (Å²) in [4.78, 5) is 6.90. The van der Waals surface area contributed by atoms with E-state index < -0.39 is 0 Å². The van der Waals surface area contributed by atoms with Crippen molar-refractivity contribution in [2.45, 2.75) is 57.6 Å². The van der Waals surface area contributed by atoms with E-state index in [1.807, 2.05) is 19.2 Å². The molecule has 7 heteroatoms. The van der Waals surface area contributed by atoms with E-state index in [1.165, 1.54) is 45.3 Å². The number of likely N-dealkylation sites (tertiary alicyclic amines) is 1.